The van der Waals surface area contributed by atoms with Gasteiger partial charge in [-0.25, -0.2) is 22.9 Å². The van der Waals surface area contributed by atoms with Gasteiger partial charge < -0.3 is 9.84 Å². The second-order valence-corrected chi connectivity index (χ2v) is 5.17. The van der Waals surface area contributed by atoms with Crippen LogP contribution in [0.3, 0.4) is 0 Å². The van der Waals surface area contributed by atoms with E-state index in [1.54, 1.807) is 6.07 Å². The number of carboxylic acid groups (broad SMARTS) is 1. The second kappa shape index (κ2) is 6.24. The van der Waals surface area contributed by atoms with Crippen LogP contribution in [0.5, 0.6) is 0 Å². The number of carboxylic acids is 1. The Labute approximate surface area is 109 Å². The first-order valence-electron chi connectivity index (χ1n) is 5.02. The first-order valence-corrected chi connectivity index (χ1v) is 6.50. The van der Waals surface area contributed by atoms with Crippen LogP contribution in [0.1, 0.15) is 5.69 Å². The molecule has 0 radical (unpaired) electrons. The Morgan fingerprint density at radius 1 is 1.63 bits per heavy atom. The number of aromatic nitrogens is 1. The molecule has 0 bridgehead atoms. The van der Waals surface area contributed by atoms with Crippen LogP contribution in [-0.2, 0) is 19.6 Å². The summed E-state index contributed by atoms with van der Waals surface area (Å²) in [7, 11) is -2.73. The third-order valence-electron chi connectivity index (χ3n) is 2.18. The number of rotatable bonds is 6. The number of hydrogen-bond acceptors (Lipinski definition) is 6. The van der Waals surface area contributed by atoms with E-state index in [2.05, 4.69) is 14.4 Å². The van der Waals surface area contributed by atoms with Crippen LogP contribution in [-0.4, -0.2) is 44.2 Å². The molecule has 1 aromatic heterocycles. The molecule has 0 spiro atoms. The van der Waals surface area contributed by atoms with Gasteiger partial charge in [-0.15, -0.1) is 0 Å². The monoisotopic (exact) mass is 285 g/mol. The normalized spacial score (nSPS) is 12.6. The largest absolute Gasteiger partial charge is 0.479 e. The van der Waals surface area contributed by atoms with Gasteiger partial charge in [0.05, 0.1) is 0 Å². The minimum Gasteiger partial charge on any atom is -0.479 e. The number of nitrogens with one attached hydrogen (secondary N) is 1. The van der Waals surface area contributed by atoms with Crippen LogP contribution < -0.4 is 4.72 Å². The summed E-state index contributed by atoms with van der Waals surface area (Å²) in [5.74, 6) is -1.27. The highest BCUT2D eigenvalue weighted by molar-refractivity contribution is 7.89. The number of nitriles is 1. The van der Waals surface area contributed by atoms with Gasteiger partial charge in [-0.1, -0.05) is 0 Å². The zero-order chi connectivity index (χ0) is 14.5. The van der Waals surface area contributed by atoms with Crippen LogP contribution in [0.15, 0.2) is 23.2 Å². The second-order valence-electron chi connectivity index (χ2n) is 3.41. The molecule has 1 heterocycles. The average Bonchev–Trinajstić information content (AvgIpc) is 2.39. The molecule has 0 aliphatic carbocycles. The fourth-order valence-electron chi connectivity index (χ4n) is 1.15. The summed E-state index contributed by atoms with van der Waals surface area (Å²) in [5, 5.41) is 17.2. The minimum absolute atomic E-state index is 0.0826. The molecule has 0 fully saturated rings. The Bertz CT molecular complexity index is 591. The standard InChI is InChI=1S/C10H11N3O5S/c1-18-9(10(14)15)6-13-19(16,17)8-3-2-7(4-11)12-5-8/h2-3,5,9,13H,6H2,1H3,(H,14,15). The van der Waals surface area contributed by atoms with Gasteiger partial charge in [-0.3, -0.25) is 0 Å². The molecule has 0 aliphatic heterocycles. The van der Waals surface area contributed by atoms with Crippen molar-refractivity contribution in [1.82, 2.24) is 9.71 Å². The van der Waals surface area contributed by atoms with E-state index in [4.69, 9.17) is 10.4 Å². The summed E-state index contributed by atoms with van der Waals surface area (Å²) in [6.07, 6.45) is -0.259. The quantitative estimate of drug-likeness (QED) is 0.709. The lowest BCUT2D eigenvalue weighted by Gasteiger charge is -2.11. The molecular weight excluding hydrogens is 274 g/mol. The van der Waals surface area contributed by atoms with E-state index in [9.17, 15) is 13.2 Å². The van der Waals surface area contributed by atoms with E-state index in [-0.39, 0.29) is 10.6 Å². The maximum atomic E-state index is 11.8. The van der Waals surface area contributed by atoms with Gasteiger partial charge in [0.25, 0.3) is 0 Å². The number of pyridine rings is 1. The number of nitrogens with zero attached hydrogens (tertiary/aromatic N) is 2. The molecule has 1 aromatic rings. The van der Waals surface area contributed by atoms with E-state index in [1.807, 2.05) is 0 Å². The Morgan fingerprint density at radius 3 is 2.74 bits per heavy atom. The Morgan fingerprint density at radius 2 is 2.32 bits per heavy atom. The molecule has 0 saturated carbocycles. The van der Waals surface area contributed by atoms with E-state index in [0.29, 0.717) is 0 Å². The van der Waals surface area contributed by atoms with Crippen LogP contribution in [0, 0.1) is 11.3 Å². The molecule has 0 aromatic carbocycles. The zero-order valence-electron chi connectivity index (χ0n) is 9.90. The maximum absolute atomic E-state index is 11.8. The highest BCUT2D eigenvalue weighted by Gasteiger charge is 2.21. The summed E-state index contributed by atoms with van der Waals surface area (Å²) < 4.78 is 30.3. The smallest absolute Gasteiger partial charge is 0.334 e. The number of ether oxygens (including phenoxy) is 1. The number of hydrogen-bond donors (Lipinski definition) is 2. The lowest BCUT2D eigenvalue weighted by atomic mass is 10.4. The number of carbonyl (C=O) groups is 1. The maximum Gasteiger partial charge on any atom is 0.334 e. The predicted molar refractivity (Wildman–Crippen MR) is 62.6 cm³/mol. The number of methoxy groups -OCH3 is 1. The van der Waals surface area contributed by atoms with Crippen molar-refractivity contribution < 1.29 is 23.1 Å². The van der Waals surface area contributed by atoms with Crippen molar-refractivity contribution in [3.05, 3.63) is 24.0 Å². The van der Waals surface area contributed by atoms with E-state index in [1.165, 1.54) is 12.1 Å². The van der Waals surface area contributed by atoms with Gasteiger partial charge in [0.2, 0.25) is 10.0 Å². The van der Waals surface area contributed by atoms with Crippen LogP contribution in [0.25, 0.3) is 0 Å². The Kier molecular flexibility index (Phi) is 4.94. The van der Waals surface area contributed by atoms with Crippen molar-refractivity contribution in [3.63, 3.8) is 0 Å². The fraction of sp³-hybridized carbons (Fsp3) is 0.300. The number of sulfonamides is 1. The molecule has 2 N–H and O–H groups in total. The zero-order valence-corrected chi connectivity index (χ0v) is 10.7. The van der Waals surface area contributed by atoms with Crippen molar-refractivity contribution in [2.45, 2.75) is 11.0 Å². The summed E-state index contributed by atoms with van der Waals surface area (Å²) >= 11 is 0. The molecule has 1 rings (SSSR count). The molecular formula is C10H11N3O5S. The van der Waals surface area contributed by atoms with Crippen LogP contribution in [0.4, 0.5) is 0 Å². The fourth-order valence-corrected chi connectivity index (χ4v) is 2.12. The highest BCUT2D eigenvalue weighted by Crippen LogP contribution is 2.07. The first-order chi connectivity index (χ1) is 8.90. The SMILES string of the molecule is COC(CNS(=O)(=O)c1ccc(C#N)nc1)C(=O)O. The topological polar surface area (TPSA) is 129 Å². The van der Waals surface area contributed by atoms with Gasteiger partial charge in [0.15, 0.2) is 6.10 Å². The van der Waals surface area contributed by atoms with Crippen LogP contribution >= 0.6 is 0 Å². The van der Waals surface area contributed by atoms with Gasteiger partial charge in [-0.2, -0.15) is 5.26 Å². The average molecular weight is 285 g/mol. The summed E-state index contributed by atoms with van der Waals surface area (Å²) in [4.78, 5) is 14.1. The summed E-state index contributed by atoms with van der Waals surface area (Å²) in [6.45, 7) is -0.409. The number of aliphatic carboxylic acids is 1. The van der Waals surface area contributed by atoms with Crippen molar-refractivity contribution in [1.29, 1.82) is 5.26 Å². The third kappa shape index (κ3) is 3.99. The molecule has 0 saturated heterocycles. The van der Waals surface area contributed by atoms with Gasteiger partial charge >= 0.3 is 5.97 Å². The molecule has 102 valence electrons. The van der Waals surface area contributed by atoms with Gasteiger partial charge in [0.1, 0.15) is 16.7 Å². The van der Waals surface area contributed by atoms with Crippen LogP contribution in [0.2, 0.25) is 0 Å². The predicted octanol–water partition coefficient (Wildman–Crippen LogP) is -0.669. The Balaban J connectivity index is 2.81. The van der Waals surface area contributed by atoms with Gasteiger partial charge in [-0.05, 0) is 12.1 Å². The lowest BCUT2D eigenvalue weighted by molar-refractivity contribution is -0.147. The molecule has 9 heteroatoms. The summed E-state index contributed by atoms with van der Waals surface area (Å²) in [5.41, 5.74) is 0.0826. The first kappa shape index (κ1) is 15.0. The van der Waals surface area contributed by atoms with Crippen molar-refractivity contribution in [2.75, 3.05) is 13.7 Å². The molecule has 8 nitrogen and oxygen atoms in total. The third-order valence-corrected chi connectivity index (χ3v) is 3.59. The molecule has 19 heavy (non-hydrogen) atoms. The van der Waals surface area contributed by atoms with Crippen molar-refractivity contribution in [3.8, 4) is 6.07 Å². The molecule has 1 unspecified atom stereocenters. The molecule has 0 aliphatic rings. The molecule has 1 atom stereocenters. The van der Waals surface area contributed by atoms with E-state index >= 15 is 0 Å². The van der Waals surface area contributed by atoms with E-state index < -0.39 is 28.6 Å². The lowest BCUT2D eigenvalue weighted by Crippen LogP contribution is -2.37. The van der Waals surface area contributed by atoms with E-state index in [0.717, 1.165) is 13.3 Å². The minimum atomic E-state index is -3.89. The molecule has 0 amide bonds. The summed E-state index contributed by atoms with van der Waals surface area (Å²) in [6, 6.07) is 4.21. The highest BCUT2D eigenvalue weighted by atomic mass is 32.2. The van der Waals surface area contributed by atoms with Gasteiger partial charge in [0, 0.05) is 19.9 Å². The van der Waals surface area contributed by atoms with Crippen molar-refractivity contribution >= 4 is 16.0 Å². The van der Waals surface area contributed by atoms with Crippen molar-refractivity contribution in [2.24, 2.45) is 0 Å². The Hall–Kier alpha value is -2.02.